The lowest BCUT2D eigenvalue weighted by Crippen LogP contribution is -1.95. The van der Waals surface area contributed by atoms with E-state index in [1.54, 1.807) is 24.3 Å². The molecule has 5 heteroatoms. The Morgan fingerprint density at radius 2 is 2.00 bits per heavy atom. The molecular weight excluding hydrogens is 319 g/mol. The second-order valence-corrected chi connectivity index (χ2v) is 5.83. The second kappa shape index (κ2) is 6.36. The van der Waals surface area contributed by atoms with E-state index in [1.807, 2.05) is 18.2 Å². The number of fused-ring (bicyclic) bond motifs is 1. The van der Waals surface area contributed by atoms with Crippen LogP contribution in [0.2, 0.25) is 0 Å². The minimum Gasteiger partial charge on any atom is -0.493 e. The van der Waals surface area contributed by atoms with E-state index in [-0.39, 0.29) is 11.6 Å². The van der Waals surface area contributed by atoms with Gasteiger partial charge in [0, 0.05) is 17.5 Å². The van der Waals surface area contributed by atoms with Crippen LogP contribution in [-0.2, 0) is 6.42 Å². The van der Waals surface area contributed by atoms with Crippen molar-refractivity contribution in [3.05, 3.63) is 77.2 Å². The van der Waals surface area contributed by atoms with Crippen molar-refractivity contribution >= 4 is 11.9 Å². The molecule has 1 aromatic heterocycles. The number of H-pyrrole nitrogens is 1. The third kappa shape index (κ3) is 3.21. The zero-order valence-electron chi connectivity index (χ0n) is 13.3. The van der Waals surface area contributed by atoms with E-state index in [9.17, 15) is 9.18 Å². The lowest BCUT2D eigenvalue weighted by atomic mass is 10.0. The molecule has 0 saturated heterocycles. The molecule has 0 fully saturated rings. The predicted octanol–water partition coefficient (Wildman–Crippen LogP) is 4.05. The summed E-state index contributed by atoms with van der Waals surface area (Å²) in [6, 6.07) is 13.4. The number of ether oxygens (including phenoxy) is 1. The summed E-state index contributed by atoms with van der Waals surface area (Å²) in [6.45, 7) is 0.670. The number of rotatable bonds is 4. The van der Waals surface area contributed by atoms with Crippen molar-refractivity contribution in [3.8, 4) is 17.0 Å². The zero-order chi connectivity index (χ0) is 17.2. The molecule has 0 bridgehead atoms. The molecule has 4 nitrogen and oxygen atoms in total. The van der Waals surface area contributed by atoms with Crippen LogP contribution in [0.1, 0.15) is 21.6 Å². The summed E-state index contributed by atoms with van der Waals surface area (Å²) in [4.78, 5) is 12.3. The number of benzene rings is 2. The Kier molecular flexibility index (Phi) is 3.90. The highest BCUT2D eigenvalue weighted by Crippen LogP contribution is 2.26. The van der Waals surface area contributed by atoms with E-state index in [1.165, 1.54) is 18.2 Å². The summed E-state index contributed by atoms with van der Waals surface area (Å²) in [5.74, 6) is 0.496. The van der Waals surface area contributed by atoms with Crippen LogP contribution in [0.15, 0.2) is 54.6 Å². The van der Waals surface area contributed by atoms with Gasteiger partial charge in [-0.05, 0) is 66.2 Å². The van der Waals surface area contributed by atoms with Crippen LogP contribution in [0.3, 0.4) is 0 Å². The standard InChI is InChI=1S/C20H15FN2O2/c21-16-4-1-13(2-5-16)18-12-17(22-23-18)6-7-19(24)14-3-8-20-15(11-14)9-10-25-20/h1-8,11-12H,9-10H2,(H,22,23)/b7-6+. The molecule has 3 aromatic rings. The molecule has 1 aliphatic heterocycles. The summed E-state index contributed by atoms with van der Waals surface area (Å²) >= 11 is 0. The highest BCUT2D eigenvalue weighted by Gasteiger charge is 2.14. The maximum absolute atomic E-state index is 13.0. The van der Waals surface area contributed by atoms with Gasteiger partial charge in [0.15, 0.2) is 5.78 Å². The lowest BCUT2D eigenvalue weighted by molar-refractivity contribution is 0.104. The summed E-state index contributed by atoms with van der Waals surface area (Å²) in [7, 11) is 0. The SMILES string of the molecule is O=C(/C=C/c1cc(-c2ccc(F)cc2)n[nH]1)c1ccc2c(c1)CCO2. The molecule has 2 heterocycles. The monoisotopic (exact) mass is 334 g/mol. The number of ketones is 1. The quantitative estimate of drug-likeness (QED) is 0.578. The second-order valence-electron chi connectivity index (χ2n) is 5.83. The first kappa shape index (κ1) is 15.3. The Labute approximate surface area is 144 Å². The first-order valence-corrected chi connectivity index (χ1v) is 7.98. The third-order valence-electron chi connectivity index (χ3n) is 4.13. The molecule has 1 N–H and O–H groups in total. The van der Waals surface area contributed by atoms with Crippen molar-refractivity contribution in [2.45, 2.75) is 6.42 Å². The van der Waals surface area contributed by atoms with E-state index >= 15 is 0 Å². The number of aromatic nitrogens is 2. The Balaban J connectivity index is 1.50. The minimum atomic E-state index is -0.287. The largest absolute Gasteiger partial charge is 0.493 e. The Bertz CT molecular complexity index is 958. The number of nitrogens with one attached hydrogen (secondary N) is 1. The molecule has 0 aliphatic carbocycles. The normalized spacial score (nSPS) is 13.0. The van der Waals surface area contributed by atoms with Gasteiger partial charge in [-0.2, -0.15) is 5.10 Å². The average Bonchev–Trinajstić information content (AvgIpc) is 3.29. The number of nitrogens with zero attached hydrogens (tertiary/aromatic N) is 1. The molecule has 1 aliphatic rings. The van der Waals surface area contributed by atoms with Crippen molar-refractivity contribution in [1.29, 1.82) is 0 Å². The number of carbonyl (C=O) groups is 1. The van der Waals surface area contributed by atoms with Crippen LogP contribution >= 0.6 is 0 Å². The molecular formula is C20H15FN2O2. The van der Waals surface area contributed by atoms with E-state index < -0.39 is 0 Å². The molecule has 0 radical (unpaired) electrons. The van der Waals surface area contributed by atoms with Gasteiger partial charge in [0.1, 0.15) is 11.6 Å². The highest BCUT2D eigenvalue weighted by molar-refractivity contribution is 6.07. The zero-order valence-corrected chi connectivity index (χ0v) is 13.3. The number of carbonyl (C=O) groups excluding carboxylic acids is 1. The number of aromatic amines is 1. The van der Waals surface area contributed by atoms with Gasteiger partial charge in [0.25, 0.3) is 0 Å². The van der Waals surface area contributed by atoms with E-state index in [2.05, 4.69) is 10.2 Å². The van der Waals surface area contributed by atoms with E-state index in [0.717, 1.165) is 23.3 Å². The first-order valence-electron chi connectivity index (χ1n) is 7.98. The predicted molar refractivity (Wildman–Crippen MR) is 93.0 cm³/mol. The van der Waals surface area contributed by atoms with Gasteiger partial charge >= 0.3 is 0 Å². The highest BCUT2D eigenvalue weighted by atomic mass is 19.1. The van der Waals surface area contributed by atoms with Crippen molar-refractivity contribution < 1.29 is 13.9 Å². The molecule has 2 aromatic carbocycles. The van der Waals surface area contributed by atoms with Gasteiger partial charge in [-0.25, -0.2) is 4.39 Å². The summed E-state index contributed by atoms with van der Waals surface area (Å²) in [5, 5.41) is 7.05. The van der Waals surface area contributed by atoms with Crippen molar-refractivity contribution in [2.24, 2.45) is 0 Å². The van der Waals surface area contributed by atoms with Crippen LogP contribution in [0.5, 0.6) is 5.75 Å². The van der Waals surface area contributed by atoms with Crippen molar-refractivity contribution in [3.63, 3.8) is 0 Å². The smallest absolute Gasteiger partial charge is 0.185 e. The van der Waals surface area contributed by atoms with Gasteiger partial charge < -0.3 is 4.74 Å². The van der Waals surface area contributed by atoms with Gasteiger partial charge in [-0.3, -0.25) is 9.89 Å². The molecule has 0 saturated carbocycles. The molecule has 124 valence electrons. The summed E-state index contributed by atoms with van der Waals surface area (Å²) in [6.07, 6.45) is 4.04. The summed E-state index contributed by atoms with van der Waals surface area (Å²) < 4.78 is 18.4. The van der Waals surface area contributed by atoms with Crippen LogP contribution in [0, 0.1) is 5.82 Å². The number of hydrogen-bond donors (Lipinski definition) is 1. The van der Waals surface area contributed by atoms with Gasteiger partial charge in [0.2, 0.25) is 0 Å². The fourth-order valence-corrected chi connectivity index (χ4v) is 2.79. The first-order chi connectivity index (χ1) is 12.2. The average molecular weight is 334 g/mol. The van der Waals surface area contributed by atoms with Crippen LogP contribution in [-0.4, -0.2) is 22.6 Å². The topological polar surface area (TPSA) is 55.0 Å². The van der Waals surface area contributed by atoms with Crippen LogP contribution < -0.4 is 4.74 Å². The number of halogens is 1. The lowest BCUT2D eigenvalue weighted by Gasteiger charge is -2.00. The van der Waals surface area contributed by atoms with Crippen molar-refractivity contribution in [1.82, 2.24) is 10.2 Å². The van der Waals surface area contributed by atoms with Gasteiger partial charge in [0.05, 0.1) is 18.0 Å². The van der Waals surface area contributed by atoms with Gasteiger partial charge in [-0.15, -0.1) is 0 Å². The maximum atomic E-state index is 13.0. The maximum Gasteiger partial charge on any atom is 0.185 e. The number of hydrogen-bond acceptors (Lipinski definition) is 3. The number of allylic oxidation sites excluding steroid dienone is 1. The fourth-order valence-electron chi connectivity index (χ4n) is 2.79. The Hall–Kier alpha value is -3.21. The molecule has 0 amide bonds. The molecule has 0 unspecified atom stereocenters. The fraction of sp³-hybridized carbons (Fsp3) is 0.100. The molecule has 25 heavy (non-hydrogen) atoms. The minimum absolute atomic E-state index is 0.0763. The van der Waals surface area contributed by atoms with E-state index in [0.29, 0.717) is 23.6 Å². The van der Waals surface area contributed by atoms with E-state index in [4.69, 9.17) is 4.74 Å². The van der Waals surface area contributed by atoms with Crippen LogP contribution in [0.4, 0.5) is 4.39 Å². The van der Waals surface area contributed by atoms with Gasteiger partial charge in [-0.1, -0.05) is 0 Å². The van der Waals surface area contributed by atoms with Crippen molar-refractivity contribution in [2.75, 3.05) is 6.61 Å². The van der Waals surface area contributed by atoms with Crippen LogP contribution in [0.25, 0.3) is 17.3 Å². The Morgan fingerprint density at radius 1 is 1.16 bits per heavy atom. The molecule has 0 atom stereocenters. The molecule has 4 rings (SSSR count). The molecule has 0 spiro atoms. The third-order valence-corrected chi connectivity index (χ3v) is 4.13. The Morgan fingerprint density at radius 3 is 2.84 bits per heavy atom. The summed E-state index contributed by atoms with van der Waals surface area (Å²) in [5.41, 5.74) is 3.92.